The number of amides is 3. The lowest BCUT2D eigenvalue weighted by Crippen LogP contribution is -2.60. The molecule has 0 saturated heterocycles. The van der Waals surface area contributed by atoms with Crippen LogP contribution in [-0.4, -0.2) is 75.8 Å². The molecule has 0 bridgehead atoms. The molecule has 1 aromatic rings. The molecule has 0 heterocycles. The SMILES string of the molecule is CC(C)C(N)C(=O)NC(Cc1ccc(O)cc1)C(=O)NC(C(=O)NC(CCCCN)C(=O)O)C(C)O. The Morgan fingerprint density at radius 2 is 1.47 bits per heavy atom. The number of carbonyl (C=O) groups is 4. The average molecular weight is 510 g/mol. The lowest BCUT2D eigenvalue weighted by Gasteiger charge is -2.27. The topological polar surface area (TPSA) is 217 Å². The molecule has 0 saturated carbocycles. The number of hydrogen-bond acceptors (Lipinski definition) is 8. The van der Waals surface area contributed by atoms with Crippen LogP contribution in [0, 0.1) is 5.92 Å². The van der Waals surface area contributed by atoms with E-state index in [1.165, 1.54) is 19.1 Å². The van der Waals surface area contributed by atoms with Gasteiger partial charge < -0.3 is 42.7 Å². The number of nitrogens with two attached hydrogens (primary N) is 2. The zero-order valence-electron chi connectivity index (χ0n) is 20.9. The minimum Gasteiger partial charge on any atom is -0.508 e. The maximum Gasteiger partial charge on any atom is 0.326 e. The van der Waals surface area contributed by atoms with Crippen LogP contribution in [0.3, 0.4) is 0 Å². The van der Waals surface area contributed by atoms with Gasteiger partial charge in [0, 0.05) is 6.42 Å². The highest BCUT2D eigenvalue weighted by Crippen LogP contribution is 2.12. The maximum atomic E-state index is 13.2. The Kier molecular flexibility index (Phi) is 12.9. The summed E-state index contributed by atoms with van der Waals surface area (Å²) in [6.45, 7) is 5.15. The minimum atomic E-state index is -1.48. The third kappa shape index (κ3) is 10.2. The third-order valence-electron chi connectivity index (χ3n) is 5.65. The summed E-state index contributed by atoms with van der Waals surface area (Å²) in [7, 11) is 0. The molecule has 0 aliphatic rings. The van der Waals surface area contributed by atoms with E-state index in [9.17, 15) is 34.5 Å². The number of phenolic OH excluding ortho intramolecular Hbond substituents is 1. The molecule has 5 atom stereocenters. The van der Waals surface area contributed by atoms with Crippen LogP contribution in [0.1, 0.15) is 45.6 Å². The van der Waals surface area contributed by atoms with Crippen LogP contribution in [0.15, 0.2) is 24.3 Å². The monoisotopic (exact) mass is 509 g/mol. The van der Waals surface area contributed by atoms with Crippen LogP contribution in [0.5, 0.6) is 5.75 Å². The highest BCUT2D eigenvalue weighted by molar-refractivity contribution is 5.94. The Hall–Kier alpha value is -3.22. The zero-order valence-corrected chi connectivity index (χ0v) is 20.9. The molecule has 202 valence electrons. The second-order valence-electron chi connectivity index (χ2n) is 9.11. The highest BCUT2D eigenvalue weighted by Gasteiger charge is 2.33. The molecular formula is C24H39N5O7. The van der Waals surface area contributed by atoms with Crippen molar-refractivity contribution in [1.29, 1.82) is 0 Å². The van der Waals surface area contributed by atoms with Crippen molar-refractivity contribution in [2.24, 2.45) is 17.4 Å². The molecule has 1 aromatic carbocycles. The summed E-state index contributed by atoms with van der Waals surface area (Å²) in [4.78, 5) is 50.1. The number of carboxylic acid groups (broad SMARTS) is 1. The smallest absolute Gasteiger partial charge is 0.326 e. The fraction of sp³-hybridized carbons (Fsp3) is 0.583. The van der Waals surface area contributed by atoms with Gasteiger partial charge in [-0.05, 0) is 56.3 Å². The van der Waals surface area contributed by atoms with Crippen LogP contribution in [0.4, 0.5) is 0 Å². The van der Waals surface area contributed by atoms with Gasteiger partial charge in [-0.15, -0.1) is 0 Å². The molecule has 0 aliphatic heterocycles. The molecule has 36 heavy (non-hydrogen) atoms. The first-order valence-corrected chi connectivity index (χ1v) is 11.9. The van der Waals surface area contributed by atoms with Crippen LogP contribution in [0.2, 0.25) is 0 Å². The van der Waals surface area contributed by atoms with Crippen molar-refractivity contribution in [3.05, 3.63) is 29.8 Å². The summed E-state index contributed by atoms with van der Waals surface area (Å²) in [5.74, 6) is -3.67. The van der Waals surface area contributed by atoms with E-state index in [0.29, 0.717) is 24.9 Å². The van der Waals surface area contributed by atoms with Gasteiger partial charge in [0.05, 0.1) is 12.1 Å². The summed E-state index contributed by atoms with van der Waals surface area (Å²) in [5.41, 5.74) is 11.9. The van der Waals surface area contributed by atoms with E-state index in [4.69, 9.17) is 11.5 Å². The number of aromatic hydroxyl groups is 1. The van der Waals surface area contributed by atoms with Gasteiger partial charge in [0.25, 0.3) is 0 Å². The van der Waals surface area contributed by atoms with Gasteiger partial charge in [0.2, 0.25) is 17.7 Å². The quantitative estimate of drug-likeness (QED) is 0.135. The van der Waals surface area contributed by atoms with Gasteiger partial charge in [0.1, 0.15) is 23.9 Å². The number of unbranched alkanes of at least 4 members (excludes halogenated alkanes) is 1. The van der Waals surface area contributed by atoms with E-state index in [2.05, 4.69) is 16.0 Å². The maximum absolute atomic E-state index is 13.2. The Balaban J connectivity index is 3.06. The molecule has 1 rings (SSSR count). The number of benzene rings is 1. The second kappa shape index (κ2) is 15.0. The van der Waals surface area contributed by atoms with Crippen LogP contribution in [-0.2, 0) is 25.6 Å². The average Bonchev–Trinajstić information content (AvgIpc) is 2.81. The first kappa shape index (κ1) is 30.8. The first-order chi connectivity index (χ1) is 16.9. The molecule has 0 aromatic heterocycles. The van der Waals surface area contributed by atoms with E-state index >= 15 is 0 Å². The summed E-state index contributed by atoms with van der Waals surface area (Å²) in [6, 6.07) is 1.24. The molecular weight excluding hydrogens is 470 g/mol. The van der Waals surface area contributed by atoms with Gasteiger partial charge >= 0.3 is 5.97 Å². The molecule has 12 heteroatoms. The van der Waals surface area contributed by atoms with Crippen LogP contribution >= 0.6 is 0 Å². The number of aliphatic carboxylic acids is 1. The number of nitrogens with one attached hydrogen (secondary N) is 3. The lowest BCUT2D eigenvalue weighted by molar-refractivity contribution is -0.143. The van der Waals surface area contributed by atoms with Gasteiger partial charge in [-0.1, -0.05) is 26.0 Å². The number of aliphatic hydroxyl groups excluding tert-OH is 1. The predicted octanol–water partition coefficient (Wildman–Crippen LogP) is -1.03. The van der Waals surface area contributed by atoms with Crippen molar-refractivity contribution in [2.75, 3.05) is 6.54 Å². The number of phenols is 1. The van der Waals surface area contributed by atoms with Crippen molar-refractivity contribution in [3.63, 3.8) is 0 Å². The van der Waals surface area contributed by atoms with Crippen LogP contribution in [0.25, 0.3) is 0 Å². The van der Waals surface area contributed by atoms with E-state index < -0.39 is 54.0 Å². The summed E-state index contributed by atoms with van der Waals surface area (Å²) in [5, 5.41) is 36.4. The number of aliphatic hydroxyl groups is 1. The van der Waals surface area contributed by atoms with E-state index in [1.807, 2.05) is 0 Å². The third-order valence-corrected chi connectivity index (χ3v) is 5.65. The Morgan fingerprint density at radius 1 is 0.889 bits per heavy atom. The van der Waals surface area contributed by atoms with Crippen molar-refractivity contribution >= 4 is 23.7 Å². The van der Waals surface area contributed by atoms with Crippen molar-refractivity contribution in [1.82, 2.24) is 16.0 Å². The molecule has 0 spiro atoms. The number of carbonyl (C=O) groups excluding carboxylic acids is 3. The van der Waals surface area contributed by atoms with Gasteiger partial charge in [-0.2, -0.15) is 0 Å². The van der Waals surface area contributed by atoms with Gasteiger partial charge in [-0.3, -0.25) is 14.4 Å². The minimum absolute atomic E-state index is 0.00760. The molecule has 12 nitrogen and oxygen atoms in total. The first-order valence-electron chi connectivity index (χ1n) is 11.9. The fourth-order valence-corrected chi connectivity index (χ4v) is 3.32. The normalized spacial score (nSPS) is 15.3. The second-order valence-corrected chi connectivity index (χ2v) is 9.11. The van der Waals surface area contributed by atoms with E-state index in [-0.39, 0.29) is 24.5 Å². The number of rotatable bonds is 15. The summed E-state index contributed by atoms with van der Waals surface area (Å²) < 4.78 is 0. The van der Waals surface area contributed by atoms with Crippen molar-refractivity contribution in [2.45, 2.75) is 76.7 Å². The number of carboxylic acids is 1. The Bertz CT molecular complexity index is 876. The largest absolute Gasteiger partial charge is 0.508 e. The molecule has 3 amide bonds. The lowest BCUT2D eigenvalue weighted by atomic mass is 10.0. The standard InChI is InChI=1S/C24H39N5O7/c1-13(2)19(26)22(33)28-18(12-15-7-9-16(31)10-8-15)21(32)29-20(14(3)30)23(34)27-17(24(35)36)6-4-5-11-25/h7-10,13-14,17-20,30-31H,4-6,11-12,25-26H2,1-3H3,(H,27,34)(H,28,33)(H,29,32)(H,35,36). The van der Waals surface area contributed by atoms with Crippen molar-refractivity contribution < 1.29 is 34.5 Å². The molecule has 0 aliphatic carbocycles. The molecule has 0 radical (unpaired) electrons. The molecule has 0 fully saturated rings. The van der Waals surface area contributed by atoms with Crippen molar-refractivity contribution in [3.8, 4) is 5.75 Å². The Morgan fingerprint density at radius 3 is 1.97 bits per heavy atom. The van der Waals surface area contributed by atoms with Crippen LogP contribution < -0.4 is 27.4 Å². The van der Waals surface area contributed by atoms with Gasteiger partial charge in [0.15, 0.2) is 0 Å². The predicted molar refractivity (Wildman–Crippen MR) is 133 cm³/mol. The molecule has 5 unspecified atom stereocenters. The number of hydrogen-bond donors (Lipinski definition) is 8. The summed E-state index contributed by atoms with van der Waals surface area (Å²) in [6.07, 6.45) is -0.182. The zero-order chi connectivity index (χ0) is 27.4. The highest BCUT2D eigenvalue weighted by atomic mass is 16.4. The fourth-order valence-electron chi connectivity index (χ4n) is 3.32. The summed E-state index contributed by atoms with van der Waals surface area (Å²) >= 11 is 0. The Labute approximate surface area is 210 Å². The molecule has 10 N–H and O–H groups in total. The van der Waals surface area contributed by atoms with Gasteiger partial charge in [-0.25, -0.2) is 4.79 Å². The van der Waals surface area contributed by atoms with E-state index in [1.54, 1.807) is 26.0 Å². The van der Waals surface area contributed by atoms with E-state index in [0.717, 1.165) is 0 Å².